The van der Waals surface area contributed by atoms with Crippen molar-refractivity contribution in [3.63, 3.8) is 0 Å². The molecule has 16 heavy (non-hydrogen) atoms. The van der Waals surface area contributed by atoms with E-state index in [2.05, 4.69) is 9.97 Å². The summed E-state index contributed by atoms with van der Waals surface area (Å²) in [6.07, 6.45) is 1.73. The molecule has 2 rings (SSSR count). The molecule has 1 atom stereocenters. The smallest absolute Gasteiger partial charge is 0.223 e. The Hall–Kier alpha value is -1.07. The van der Waals surface area contributed by atoms with E-state index >= 15 is 0 Å². The number of anilines is 2. The first-order chi connectivity index (χ1) is 7.46. The molecule has 0 radical (unpaired) electrons. The van der Waals surface area contributed by atoms with Gasteiger partial charge in [-0.3, -0.25) is 0 Å². The van der Waals surface area contributed by atoms with E-state index in [4.69, 9.17) is 17.3 Å². The largest absolute Gasteiger partial charge is 0.388 e. The summed E-state index contributed by atoms with van der Waals surface area (Å²) in [6.45, 7) is 3.22. The number of β-amino-alcohol motifs (C(OH)–C–C–N with tert-alkyl or cyclic N) is 1. The van der Waals surface area contributed by atoms with Crippen molar-refractivity contribution < 1.29 is 5.11 Å². The predicted molar refractivity (Wildman–Crippen MR) is 63.5 cm³/mol. The van der Waals surface area contributed by atoms with Gasteiger partial charge in [0.2, 0.25) is 5.95 Å². The average Bonchev–Trinajstić information content (AvgIpc) is 2.14. The Morgan fingerprint density at radius 3 is 2.94 bits per heavy atom. The molecule has 3 N–H and O–H groups in total. The predicted octanol–water partition coefficient (Wildman–Crippen LogP) is 1.06. The zero-order chi connectivity index (χ0) is 11.8. The summed E-state index contributed by atoms with van der Waals surface area (Å²) in [6, 6.07) is 1.67. The highest BCUT2D eigenvalue weighted by molar-refractivity contribution is 6.29. The molecule has 0 aromatic carbocycles. The normalized spacial score (nSPS) is 25.8. The van der Waals surface area contributed by atoms with Crippen LogP contribution in [0.2, 0.25) is 5.15 Å². The fourth-order valence-corrected chi connectivity index (χ4v) is 2.18. The monoisotopic (exact) mass is 242 g/mol. The van der Waals surface area contributed by atoms with Crippen molar-refractivity contribution in [2.45, 2.75) is 25.4 Å². The van der Waals surface area contributed by atoms with Crippen molar-refractivity contribution in [2.75, 3.05) is 23.7 Å². The molecule has 1 fully saturated rings. The van der Waals surface area contributed by atoms with Crippen LogP contribution in [0, 0.1) is 0 Å². The molecular weight excluding hydrogens is 228 g/mol. The van der Waals surface area contributed by atoms with Crippen molar-refractivity contribution in [3.8, 4) is 0 Å². The van der Waals surface area contributed by atoms with Gasteiger partial charge >= 0.3 is 0 Å². The molecule has 1 aliphatic heterocycles. The Bertz CT molecular complexity index is 376. The Morgan fingerprint density at radius 1 is 1.56 bits per heavy atom. The van der Waals surface area contributed by atoms with Crippen molar-refractivity contribution in [3.05, 3.63) is 11.2 Å². The molecule has 1 unspecified atom stereocenters. The van der Waals surface area contributed by atoms with Gasteiger partial charge in [0, 0.05) is 19.2 Å². The second kappa shape index (κ2) is 4.07. The first kappa shape index (κ1) is 11.4. The molecule has 1 saturated heterocycles. The minimum atomic E-state index is -0.676. The van der Waals surface area contributed by atoms with Gasteiger partial charge in [-0.15, -0.1) is 0 Å². The lowest BCUT2D eigenvalue weighted by Gasteiger charge is -2.37. The van der Waals surface area contributed by atoms with Gasteiger partial charge in [-0.1, -0.05) is 11.6 Å². The second-order valence-electron chi connectivity index (χ2n) is 4.43. The molecule has 0 aliphatic carbocycles. The zero-order valence-electron chi connectivity index (χ0n) is 9.15. The van der Waals surface area contributed by atoms with Crippen LogP contribution in [0.1, 0.15) is 19.8 Å². The molecule has 5 nitrogen and oxygen atoms in total. The number of aromatic nitrogens is 2. The Labute approximate surface area is 99.3 Å². The number of nitrogen functional groups attached to an aromatic ring is 1. The van der Waals surface area contributed by atoms with Crippen molar-refractivity contribution in [1.29, 1.82) is 0 Å². The van der Waals surface area contributed by atoms with Crippen molar-refractivity contribution in [1.82, 2.24) is 9.97 Å². The van der Waals surface area contributed by atoms with Crippen molar-refractivity contribution in [2.24, 2.45) is 0 Å². The van der Waals surface area contributed by atoms with E-state index in [9.17, 15) is 5.11 Å². The zero-order valence-corrected chi connectivity index (χ0v) is 9.91. The summed E-state index contributed by atoms with van der Waals surface area (Å²) in [4.78, 5) is 9.91. The Kier molecular flexibility index (Phi) is 2.90. The van der Waals surface area contributed by atoms with Crippen LogP contribution < -0.4 is 10.6 Å². The van der Waals surface area contributed by atoms with E-state index in [1.54, 1.807) is 6.07 Å². The van der Waals surface area contributed by atoms with Gasteiger partial charge in [-0.05, 0) is 19.8 Å². The molecule has 0 bridgehead atoms. The quantitative estimate of drug-likeness (QED) is 0.721. The number of piperidine rings is 1. The first-order valence-corrected chi connectivity index (χ1v) is 5.61. The molecule has 0 spiro atoms. The maximum Gasteiger partial charge on any atom is 0.223 e. The summed E-state index contributed by atoms with van der Waals surface area (Å²) < 4.78 is 0. The van der Waals surface area contributed by atoms with Gasteiger partial charge in [0.1, 0.15) is 11.0 Å². The SMILES string of the molecule is CC1(O)CCCN(c2cc(Cl)nc(N)n2)C1. The number of hydrogen-bond acceptors (Lipinski definition) is 5. The molecule has 1 aromatic heterocycles. The molecule has 88 valence electrons. The lowest BCUT2D eigenvalue weighted by molar-refractivity contribution is 0.0447. The minimum absolute atomic E-state index is 0.160. The third-order valence-electron chi connectivity index (χ3n) is 2.70. The van der Waals surface area contributed by atoms with E-state index in [1.165, 1.54) is 0 Å². The number of halogens is 1. The van der Waals surface area contributed by atoms with Gasteiger partial charge in [0.05, 0.1) is 5.60 Å². The lowest BCUT2D eigenvalue weighted by Crippen LogP contribution is -2.46. The fourth-order valence-electron chi connectivity index (χ4n) is 2.00. The lowest BCUT2D eigenvalue weighted by atomic mass is 9.95. The standard InChI is InChI=1S/C10H15ClN4O/c1-10(16)3-2-4-15(6-10)8-5-7(11)13-9(12)14-8/h5,16H,2-4,6H2,1H3,(H2,12,13,14). The first-order valence-electron chi connectivity index (χ1n) is 5.24. The third-order valence-corrected chi connectivity index (χ3v) is 2.89. The van der Waals surface area contributed by atoms with E-state index in [-0.39, 0.29) is 5.95 Å². The van der Waals surface area contributed by atoms with E-state index < -0.39 is 5.60 Å². The maximum atomic E-state index is 10.00. The molecular formula is C10H15ClN4O. The summed E-state index contributed by atoms with van der Waals surface area (Å²) in [7, 11) is 0. The maximum absolute atomic E-state index is 10.00. The summed E-state index contributed by atoms with van der Waals surface area (Å²) in [5.74, 6) is 0.838. The molecule has 2 heterocycles. The summed E-state index contributed by atoms with van der Waals surface area (Å²) in [5.41, 5.74) is 4.86. The van der Waals surface area contributed by atoms with E-state index in [0.29, 0.717) is 17.5 Å². The fraction of sp³-hybridized carbons (Fsp3) is 0.600. The van der Waals surface area contributed by atoms with E-state index in [1.807, 2.05) is 11.8 Å². The molecule has 0 saturated carbocycles. The van der Waals surface area contributed by atoms with Gasteiger partial charge in [0.25, 0.3) is 0 Å². The Morgan fingerprint density at radius 2 is 2.31 bits per heavy atom. The van der Waals surface area contributed by atoms with Crippen LogP contribution in [0.15, 0.2) is 6.07 Å². The van der Waals surface area contributed by atoms with Crippen LogP contribution in [0.4, 0.5) is 11.8 Å². The number of rotatable bonds is 1. The van der Waals surface area contributed by atoms with Crippen LogP contribution in [0.25, 0.3) is 0 Å². The number of nitrogens with zero attached hydrogens (tertiary/aromatic N) is 3. The molecule has 1 aliphatic rings. The van der Waals surface area contributed by atoms with Crippen LogP contribution in [-0.2, 0) is 0 Å². The van der Waals surface area contributed by atoms with Crippen LogP contribution in [0.3, 0.4) is 0 Å². The second-order valence-corrected chi connectivity index (χ2v) is 4.82. The topological polar surface area (TPSA) is 75.3 Å². The number of nitrogens with two attached hydrogens (primary N) is 1. The van der Waals surface area contributed by atoms with Crippen LogP contribution >= 0.6 is 11.6 Å². The van der Waals surface area contributed by atoms with Crippen LogP contribution in [-0.4, -0.2) is 33.8 Å². The number of aliphatic hydroxyl groups is 1. The summed E-state index contributed by atoms with van der Waals surface area (Å²) >= 11 is 5.82. The highest BCUT2D eigenvalue weighted by Gasteiger charge is 2.29. The van der Waals surface area contributed by atoms with Gasteiger partial charge in [-0.2, -0.15) is 4.98 Å². The molecule has 0 amide bonds. The van der Waals surface area contributed by atoms with Gasteiger partial charge in [-0.25, -0.2) is 4.98 Å². The Balaban J connectivity index is 2.23. The van der Waals surface area contributed by atoms with Gasteiger partial charge < -0.3 is 15.7 Å². The summed E-state index contributed by atoms with van der Waals surface area (Å²) in [5, 5.41) is 10.3. The highest BCUT2D eigenvalue weighted by atomic mass is 35.5. The molecule has 6 heteroatoms. The third kappa shape index (κ3) is 2.54. The molecule has 1 aromatic rings. The van der Waals surface area contributed by atoms with Crippen molar-refractivity contribution >= 4 is 23.4 Å². The average molecular weight is 243 g/mol. The number of hydrogen-bond donors (Lipinski definition) is 2. The minimum Gasteiger partial charge on any atom is -0.388 e. The van der Waals surface area contributed by atoms with E-state index in [0.717, 1.165) is 19.4 Å². The highest BCUT2D eigenvalue weighted by Crippen LogP contribution is 2.25. The van der Waals surface area contributed by atoms with Gasteiger partial charge in [0.15, 0.2) is 0 Å². The van der Waals surface area contributed by atoms with Crippen LogP contribution in [0.5, 0.6) is 0 Å².